The van der Waals surface area contributed by atoms with Crippen LogP contribution in [-0.2, 0) is 7.05 Å². The molecule has 1 amide bonds. The smallest absolute Gasteiger partial charge is 0.269 e. The number of methoxy groups -OCH3 is 1. The highest BCUT2D eigenvalue weighted by Crippen LogP contribution is 2.25. The number of carbonyl (C=O) groups excluding carboxylic acids is 1. The fourth-order valence-electron chi connectivity index (χ4n) is 1.97. The van der Waals surface area contributed by atoms with Crippen LogP contribution in [0.5, 0.6) is 5.75 Å². The van der Waals surface area contributed by atoms with Gasteiger partial charge in [0.2, 0.25) is 0 Å². The third-order valence-electron chi connectivity index (χ3n) is 3.10. The molecule has 0 spiro atoms. The van der Waals surface area contributed by atoms with Gasteiger partial charge in [0, 0.05) is 25.2 Å². The van der Waals surface area contributed by atoms with E-state index in [4.69, 9.17) is 4.74 Å². The maximum Gasteiger partial charge on any atom is 0.269 e. The largest absolute Gasteiger partial charge is 0.497 e. The maximum atomic E-state index is 14.0. The summed E-state index contributed by atoms with van der Waals surface area (Å²) < 4.78 is 20.5. The summed E-state index contributed by atoms with van der Waals surface area (Å²) in [4.78, 5) is 12.0. The lowest BCUT2D eigenvalue weighted by Gasteiger charge is -2.02. The van der Waals surface area contributed by atoms with E-state index in [2.05, 4.69) is 10.4 Å². The first-order chi connectivity index (χ1) is 10.1. The Morgan fingerprint density at radius 1 is 1.43 bits per heavy atom. The predicted molar refractivity (Wildman–Crippen MR) is 77.8 cm³/mol. The molecule has 21 heavy (non-hydrogen) atoms. The molecule has 5 nitrogen and oxygen atoms in total. The Bertz CT molecular complexity index is 652. The van der Waals surface area contributed by atoms with Gasteiger partial charge in [0.25, 0.3) is 5.91 Å². The number of amides is 1. The normalized spacial score (nSPS) is 10.5. The third kappa shape index (κ3) is 3.21. The Kier molecular flexibility index (Phi) is 4.57. The summed E-state index contributed by atoms with van der Waals surface area (Å²) in [6.45, 7) is 2.57. The molecular formula is C15H18FN3O2. The van der Waals surface area contributed by atoms with Gasteiger partial charge in [-0.1, -0.05) is 6.92 Å². The topological polar surface area (TPSA) is 56.1 Å². The predicted octanol–water partition coefficient (Wildman–Crippen LogP) is 2.37. The zero-order valence-electron chi connectivity index (χ0n) is 12.3. The van der Waals surface area contributed by atoms with Crippen LogP contribution >= 0.6 is 0 Å². The highest BCUT2D eigenvalue weighted by molar-refractivity contribution is 5.93. The van der Waals surface area contributed by atoms with E-state index < -0.39 is 5.82 Å². The fraction of sp³-hybridized carbons (Fsp3) is 0.333. The molecule has 1 aromatic carbocycles. The molecule has 0 aliphatic rings. The van der Waals surface area contributed by atoms with Crippen LogP contribution < -0.4 is 10.1 Å². The lowest BCUT2D eigenvalue weighted by atomic mass is 10.1. The van der Waals surface area contributed by atoms with Crippen molar-refractivity contribution in [3.8, 4) is 17.0 Å². The number of halogens is 1. The summed E-state index contributed by atoms with van der Waals surface area (Å²) in [6, 6.07) is 6.12. The van der Waals surface area contributed by atoms with Gasteiger partial charge in [0.05, 0.1) is 12.8 Å². The molecule has 0 atom stereocenters. The standard InChI is InChI=1S/C15H18FN3O2/c1-4-7-17-15(20)14-9-13(18-19(14)2)11-6-5-10(21-3)8-12(11)16/h5-6,8-9H,4,7H2,1-3H3,(H,17,20). The molecule has 0 saturated heterocycles. The van der Waals surface area contributed by atoms with Crippen molar-refractivity contribution in [3.05, 3.63) is 35.8 Å². The molecule has 2 aromatic rings. The quantitative estimate of drug-likeness (QED) is 0.920. The molecule has 0 fully saturated rings. The van der Waals surface area contributed by atoms with Crippen LogP contribution in [0.4, 0.5) is 4.39 Å². The van der Waals surface area contributed by atoms with Crippen molar-refractivity contribution in [3.63, 3.8) is 0 Å². The number of rotatable bonds is 5. The van der Waals surface area contributed by atoms with Crippen LogP contribution in [-0.4, -0.2) is 29.3 Å². The van der Waals surface area contributed by atoms with Crippen molar-refractivity contribution in [1.29, 1.82) is 0 Å². The average molecular weight is 291 g/mol. The van der Waals surface area contributed by atoms with Crippen LogP contribution in [0.1, 0.15) is 23.8 Å². The molecule has 0 radical (unpaired) electrons. The number of hydrogen-bond donors (Lipinski definition) is 1. The summed E-state index contributed by atoms with van der Waals surface area (Å²) in [5, 5.41) is 6.97. The van der Waals surface area contributed by atoms with Gasteiger partial charge in [0.15, 0.2) is 0 Å². The van der Waals surface area contributed by atoms with Crippen molar-refractivity contribution >= 4 is 5.91 Å². The SMILES string of the molecule is CCCNC(=O)c1cc(-c2ccc(OC)cc2F)nn1C. The van der Waals surface area contributed by atoms with E-state index in [0.29, 0.717) is 29.2 Å². The van der Waals surface area contributed by atoms with Gasteiger partial charge in [-0.25, -0.2) is 4.39 Å². The zero-order valence-corrected chi connectivity index (χ0v) is 12.3. The van der Waals surface area contributed by atoms with Crippen molar-refractivity contribution < 1.29 is 13.9 Å². The molecule has 1 N–H and O–H groups in total. The van der Waals surface area contributed by atoms with Crippen LogP contribution in [0.15, 0.2) is 24.3 Å². The van der Waals surface area contributed by atoms with Crippen LogP contribution in [0.3, 0.4) is 0 Å². The summed E-state index contributed by atoms with van der Waals surface area (Å²) in [7, 11) is 3.14. The number of aryl methyl sites for hydroxylation is 1. The highest BCUT2D eigenvalue weighted by atomic mass is 19.1. The van der Waals surface area contributed by atoms with Gasteiger partial charge in [-0.2, -0.15) is 5.10 Å². The van der Waals surface area contributed by atoms with E-state index in [9.17, 15) is 9.18 Å². The number of hydrogen-bond acceptors (Lipinski definition) is 3. The Morgan fingerprint density at radius 2 is 2.19 bits per heavy atom. The molecule has 112 valence electrons. The number of nitrogens with one attached hydrogen (secondary N) is 1. The summed E-state index contributed by atoms with van der Waals surface area (Å²) in [5.41, 5.74) is 1.15. The number of ether oxygens (including phenoxy) is 1. The van der Waals surface area contributed by atoms with Crippen molar-refractivity contribution in [2.24, 2.45) is 7.05 Å². The highest BCUT2D eigenvalue weighted by Gasteiger charge is 2.16. The van der Waals surface area contributed by atoms with Gasteiger partial charge in [-0.3, -0.25) is 9.48 Å². The average Bonchev–Trinajstić information content (AvgIpc) is 2.86. The van der Waals surface area contributed by atoms with E-state index >= 15 is 0 Å². The minimum absolute atomic E-state index is 0.216. The molecule has 6 heteroatoms. The second-order valence-corrected chi connectivity index (χ2v) is 4.64. The minimum atomic E-state index is -0.437. The number of nitrogens with zero attached hydrogens (tertiary/aromatic N) is 2. The molecule has 0 unspecified atom stereocenters. The first-order valence-electron chi connectivity index (χ1n) is 6.73. The molecular weight excluding hydrogens is 273 g/mol. The van der Waals surface area contributed by atoms with Gasteiger partial charge < -0.3 is 10.1 Å². The Hall–Kier alpha value is -2.37. The molecule has 1 heterocycles. The van der Waals surface area contributed by atoms with Crippen LogP contribution in [0.25, 0.3) is 11.3 Å². The van der Waals surface area contributed by atoms with E-state index in [1.54, 1.807) is 25.2 Å². The summed E-state index contributed by atoms with van der Waals surface area (Å²) >= 11 is 0. The first kappa shape index (κ1) is 15.0. The van der Waals surface area contributed by atoms with Gasteiger partial charge in [-0.15, -0.1) is 0 Å². The molecule has 2 rings (SSSR count). The summed E-state index contributed by atoms with van der Waals surface area (Å²) in [5.74, 6) is -0.215. The van der Waals surface area contributed by atoms with Gasteiger partial charge in [-0.05, 0) is 24.6 Å². The lowest BCUT2D eigenvalue weighted by Crippen LogP contribution is -2.26. The second kappa shape index (κ2) is 6.39. The van der Waals surface area contributed by atoms with Gasteiger partial charge in [0.1, 0.15) is 17.3 Å². The third-order valence-corrected chi connectivity index (χ3v) is 3.10. The molecule has 0 aliphatic carbocycles. The Balaban J connectivity index is 2.32. The van der Waals surface area contributed by atoms with E-state index in [1.807, 2.05) is 6.92 Å². The monoisotopic (exact) mass is 291 g/mol. The molecule has 0 aliphatic heterocycles. The van der Waals surface area contributed by atoms with Crippen molar-refractivity contribution in [2.75, 3.05) is 13.7 Å². The van der Waals surface area contributed by atoms with E-state index in [0.717, 1.165) is 6.42 Å². The molecule has 1 aromatic heterocycles. The van der Waals surface area contributed by atoms with Crippen LogP contribution in [0.2, 0.25) is 0 Å². The minimum Gasteiger partial charge on any atom is -0.497 e. The summed E-state index contributed by atoms with van der Waals surface area (Å²) in [6.07, 6.45) is 0.851. The number of benzene rings is 1. The van der Waals surface area contributed by atoms with Crippen LogP contribution in [0, 0.1) is 5.82 Å². The van der Waals surface area contributed by atoms with Crippen molar-refractivity contribution in [1.82, 2.24) is 15.1 Å². The molecule has 0 bridgehead atoms. The van der Waals surface area contributed by atoms with Crippen molar-refractivity contribution in [2.45, 2.75) is 13.3 Å². The zero-order chi connectivity index (χ0) is 15.4. The Morgan fingerprint density at radius 3 is 2.81 bits per heavy atom. The first-order valence-corrected chi connectivity index (χ1v) is 6.73. The lowest BCUT2D eigenvalue weighted by molar-refractivity contribution is 0.0944. The van der Waals surface area contributed by atoms with E-state index in [-0.39, 0.29) is 5.91 Å². The number of aromatic nitrogens is 2. The number of carbonyl (C=O) groups is 1. The van der Waals surface area contributed by atoms with E-state index in [1.165, 1.54) is 17.9 Å². The Labute approximate surface area is 122 Å². The second-order valence-electron chi connectivity index (χ2n) is 4.64. The molecule has 0 saturated carbocycles. The fourth-order valence-corrected chi connectivity index (χ4v) is 1.97. The van der Waals surface area contributed by atoms with Gasteiger partial charge >= 0.3 is 0 Å². The maximum absolute atomic E-state index is 14.0.